The van der Waals surface area contributed by atoms with Crippen LogP contribution in [0.3, 0.4) is 0 Å². The lowest BCUT2D eigenvalue weighted by Gasteiger charge is -2.22. The van der Waals surface area contributed by atoms with Gasteiger partial charge in [-0.3, -0.25) is 9.59 Å². The molecule has 0 radical (unpaired) electrons. The molecule has 0 unspecified atom stereocenters. The zero-order chi connectivity index (χ0) is 14.5. The highest BCUT2D eigenvalue weighted by Crippen LogP contribution is 2.20. The van der Waals surface area contributed by atoms with Crippen molar-refractivity contribution in [3.8, 4) is 5.75 Å². The van der Waals surface area contributed by atoms with Crippen LogP contribution >= 0.6 is 11.6 Å². The highest BCUT2D eigenvalue weighted by Gasteiger charge is 2.29. The van der Waals surface area contributed by atoms with Crippen LogP contribution in [-0.4, -0.2) is 25.0 Å². The Balaban J connectivity index is 2.49. The standard InChI is InChI=1S/C14H17ClO4/c1-10(16)19-9-14(2,3)13(17)8-18-12-6-4-11(15)5-7-12/h4-7H,8-9H2,1-3H3. The molecular weight excluding hydrogens is 268 g/mol. The van der Waals surface area contributed by atoms with Crippen molar-refractivity contribution in [1.29, 1.82) is 0 Å². The first-order chi connectivity index (χ1) is 8.81. The molecule has 0 atom stereocenters. The van der Waals surface area contributed by atoms with E-state index < -0.39 is 11.4 Å². The first kappa shape index (κ1) is 15.5. The van der Waals surface area contributed by atoms with E-state index in [-0.39, 0.29) is 19.0 Å². The van der Waals surface area contributed by atoms with Gasteiger partial charge in [0.2, 0.25) is 0 Å². The van der Waals surface area contributed by atoms with Crippen LogP contribution in [0.15, 0.2) is 24.3 Å². The van der Waals surface area contributed by atoms with Crippen LogP contribution in [0.4, 0.5) is 0 Å². The maximum atomic E-state index is 12.0. The summed E-state index contributed by atoms with van der Waals surface area (Å²) in [6.07, 6.45) is 0. The number of rotatable bonds is 6. The summed E-state index contributed by atoms with van der Waals surface area (Å²) in [4.78, 5) is 22.7. The molecule has 19 heavy (non-hydrogen) atoms. The van der Waals surface area contributed by atoms with E-state index >= 15 is 0 Å². The van der Waals surface area contributed by atoms with Gasteiger partial charge in [0.05, 0.1) is 5.41 Å². The monoisotopic (exact) mass is 284 g/mol. The molecule has 0 spiro atoms. The Labute approximate surface area is 117 Å². The molecule has 0 bridgehead atoms. The summed E-state index contributed by atoms with van der Waals surface area (Å²) >= 11 is 5.75. The Morgan fingerprint density at radius 2 is 1.79 bits per heavy atom. The second kappa shape index (κ2) is 6.57. The zero-order valence-corrected chi connectivity index (χ0v) is 12.0. The first-order valence-electron chi connectivity index (χ1n) is 5.86. The Morgan fingerprint density at radius 3 is 2.32 bits per heavy atom. The van der Waals surface area contributed by atoms with Crippen molar-refractivity contribution in [3.05, 3.63) is 29.3 Å². The predicted molar refractivity (Wildman–Crippen MR) is 72.4 cm³/mol. The summed E-state index contributed by atoms with van der Waals surface area (Å²) in [5, 5.41) is 0.605. The number of Topliss-reactive ketones (excluding diaryl/α,β-unsaturated/α-hetero) is 1. The van der Waals surface area contributed by atoms with Crippen LogP contribution < -0.4 is 4.74 Å². The van der Waals surface area contributed by atoms with Crippen molar-refractivity contribution in [2.75, 3.05) is 13.2 Å². The SMILES string of the molecule is CC(=O)OCC(C)(C)C(=O)COc1ccc(Cl)cc1. The maximum absolute atomic E-state index is 12.0. The fraction of sp³-hybridized carbons (Fsp3) is 0.429. The molecule has 1 aromatic carbocycles. The fourth-order valence-electron chi connectivity index (χ4n) is 1.24. The van der Waals surface area contributed by atoms with E-state index in [1.54, 1.807) is 38.1 Å². The molecule has 0 N–H and O–H groups in total. The minimum absolute atomic E-state index is 0.0468. The molecule has 0 aliphatic rings. The molecule has 5 heteroatoms. The lowest BCUT2D eigenvalue weighted by molar-refractivity contribution is -0.147. The Kier molecular flexibility index (Phi) is 5.36. The van der Waals surface area contributed by atoms with Gasteiger partial charge in [0.15, 0.2) is 5.78 Å². The summed E-state index contributed by atoms with van der Waals surface area (Å²) in [6.45, 7) is 4.71. The normalized spacial score (nSPS) is 10.9. The van der Waals surface area contributed by atoms with Gasteiger partial charge in [-0.2, -0.15) is 0 Å². The number of hydrogen-bond acceptors (Lipinski definition) is 4. The van der Waals surface area contributed by atoms with E-state index in [9.17, 15) is 9.59 Å². The summed E-state index contributed by atoms with van der Waals surface area (Å²) < 4.78 is 10.2. The number of hydrogen-bond donors (Lipinski definition) is 0. The highest BCUT2D eigenvalue weighted by molar-refractivity contribution is 6.30. The smallest absolute Gasteiger partial charge is 0.302 e. The summed E-state index contributed by atoms with van der Waals surface area (Å²) in [7, 11) is 0. The highest BCUT2D eigenvalue weighted by atomic mass is 35.5. The van der Waals surface area contributed by atoms with Gasteiger partial charge in [0.1, 0.15) is 19.0 Å². The Hall–Kier alpha value is -1.55. The van der Waals surface area contributed by atoms with Gasteiger partial charge >= 0.3 is 5.97 Å². The molecule has 0 amide bonds. The molecule has 0 fully saturated rings. The Morgan fingerprint density at radius 1 is 1.21 bits per heavy atom. The van der Waals surface area contributed by atoms with Crippen molar-refractivity contribution in [2.45, 2.75) is 20.8 Å². The van der Waals surface area contributed by atoms with Gasteiger partial charge in [-0.1, -0.05) is 11.6 Å². The fourth-order valence-corrected chi connectivity index (χ4v) is 1.36. The largest absolute Gasteiger partial charge is 0.486 e. The zero-order valence-electron chi connectivity index (χ0n) is 11.2. The molecule has 0 aliphatic carbocycles. The molecule has 0 aromatic heterocycles. The van der Waals surface area contributed by atoms with Gasteiger partial charge in [0, 0.05) is 11.9 Å². The number of ketones is 1. The lowest BCUT2D eigenvalue weighted by atomic mass is 9.89. The van der Waals surface area contributed by atoms with E-state index in [1.165, 1.54) is 6.92 Å². The van der Waals surface area contributed by atoms with Crippen LogP contribution in [0.2, 0.25) is 5.02 Å². The van der Waals surface area contributed by atoms with E-state index in [0.29, 0.717) is 10.8 Å². The maximum Gasteiger partial charge on any atom is 0.302 e. The molecule has 0 saturated carbocycles. The van der Waals surface area contributed by atoms with Crippen molar-refractivity contribution in [3.63, 3.8) is 0 Å². The van der Waals surface area contributed by atoms with Crippen molar-refractivity contribution in [1.82, 2.24) is 0 Å². The van der Waals surface area contributed by atoms with Crippen molar-refractivity contribution < 1.29 is 19.1 Å². The molecule has 0 saturated heterocycles. The predicted octanol–water partition coefficient (Wildman–Crippen LogP) is 2.88. The topological polar surface area (TPSA) is 52.6 Å². The van der Waals surface area contributed by atoms with E-state index in [2.05, 4.69) is 0 Å². The third kappa shape index (κ3) is 5.30. The molecule has 0 heterocycles. The number of halogens is 1. The summed E-state index contributed by atoms with van der Waals surface area (Å²) in [5.41, 5.74) is -0.766. The van der Waals surface area contributed by atoms with Gasteiger partial charge in [-0.25, -0.2) is 0 Å². The third-order valence-electron chi connectivity index (χ3n) is 2.57. The van der Waals surface area contributed by atoms with Crippen LogP contribution in [0.25, 0.3) is 0 Å². The van der Waals surface area contributed by atoms with Gasteiger partial charge in [0.25, 0.3) is 0 Å². The quantitative estimate of drug-likeness (QED) is 0.754. The first-order valence-corrected chi connectivity index (χ1v) is 6.24. The van der Waals surface area contributed by atoms with Crippen molar-refractivity contribution in [2.24, 2.45) is 5.41 Å². The second-order valence-corrected chi connectivity index (χ2v) is 5.27. The van der Waals surface area contributed by atoms with E-state index in [1.807, 2.05) is 0 Å². The third-order valence-corrected chi connectivity index (χ3v) is 2.83. The van der Waals surface area contributed by atoms with Crippen molar-refractivity contribution >= 4 is 23.4 Å². The molecule has 104 valence electrons. The summed E-state index contributed by atoms with van der Waals surface area (Å²) in [6, 6.07) is 6.75. The molecule has 0 aliphatic heterocycles. The van der Waals surface area contributed by atoms with E-state index in [4.69, 9.17) is 21.1 Å². The van der Waals surface area contributed by atoms with Gasteiger partial charge in [-0.15, -0.1) is 0 Å². The minimum atomic E-state index is -0.766. The van der Waals surface area contributed by atoms with Crippen LogP contribution in [0.5, 0.6) is 5.75 Å². The van der Waals surface area contributed by atoms with Crippen LogP contribution in [0, 0.1) is 5.41 Å². The lowest BCUT2D eigenvalue weighted by Crippen LogP contribution is -2.34. The number of carbonyl (C=O) groups is 2. The van der Waals surface area contributed by atoms with Gasteiger partial charge < -0.3 is 9.47 Å². The number of esters is 1. The average Bonchev–Trinajstić information content (AvgIpc) is 2.35. The molecule has 1 aromatic rings. The van der Waals surface area contributed by atoms with Crippen LogP contribution in [0.1, 0.15) is 20.8 Å². The number of benzene rings is 1. The van der Waals surface area contributed by atoms with E-state index in [0.717, 1.165) is 0 Å². The molecule has 4 nitrogen and oxygen atoms in total. The average molecular weight is 285 g/mol. The van der Waals surface area contributed by atoms with Crippen LogP contribution in [-0.2, 0) is 14.3 Å². The number of carbonyl (C=O) groups excluding carboxylic acids is 2. The van der Waals surface area contributed by atoms with Gasteiger partial charge in [-0.05, 0) is 38.1 Å². The summed E-state index contributed by atoms with van der Waals surface area (Å²) in [5.74, 6) is 0.0317. The molecule has 1 rings (SSSR count). The minimum Gasteiger partial charge on any atom is -0.486 e. The second-order valence-electron chi connectivity index (χ2n) is 4.83. The Bertz CT molecular complexity index is 451. The molecular formula is C14H17ClO4. The number of ether oxygens (including phenoxy) is 2.